The lowest BCUT2D eigenvalue weighted by molar-refractivity contribution is -0.152. The van der Waals surface area contributed by atoms with E-state index in [0.717, 1.165) is 43.0 Å². The van der Waals surface area contributed by atoms with E-state index in [1.807, 2.05) is 28.0 Å². The van der Waals surface area contributed by atoms with E-state index in [1.54, 1.807) is 32.7 Å². The Morgan fingerprint density at radius 3 is 1.31 bits per heavy atom. The number of hydrogen-bond acceptors (Lipinski definition) is 14. The molecule has 10 rings (SSSR count). The maximum atomic E-state index is 13.0. The van der Waals surface area contributed by atoms with Crippen LogP contribution in [-0.4, -0.2) is 209 Å². The highest BCUT2D eigenvalue weighted by atomic mass is 33.1. The van der Waals surface area contributed by atoms with E-state index in [1.165, 1.54) is 33.7 Å². The summed E-state index contributed by atoms with van der Waals surface area (Å²) in [4.78, 5) is 73.9. The van der Waals surface area contributed by atoms with Gasteiger partial charge in [-0.05, 0) is 92.9 Å². The van der Waals surface area contributed by atoms with Gasteiger partial charge in [0, 0.05) is 119 Å². The van der Waals surface area contributed by atoms with E-state index in [2.05, 4.69) is 197 Å². The number of imide groups is 1. The number of amides is 5. The minimum Gasteiger partial charge on any atom is -0.382 e. The monoisotopic (exact) mass is 1340 g/mol. The SMILES string of the molecule is [B]C1CN(C(=O)C2CCC(CN3C(=O)C=CC3=O)CC2)CC(C(C)(C)C)O1.[B]C1CN(C(=O)CCSSc2ccccn2)CC(C(C)(C)C)O1.[B]C1CN(C(=O)CS)CC(C(C)(C)C)O1.[B]C1CN(C(c2ccccc2)(c2ccccc2)c2ccccc2)CC(C(C)(C)C)O1. The van der Waals surface area contributed by atoms with Crippen molar-refractivity contribution >= 4 is 95.1 Å². The number of thiol groups is 1. The summed E-state index contributed by atoms with van der Waals surface area (Å²) in [6.07, 6.45) is 8.16. The van der Waals surface area contributed by atoms with Gasteiger partial charge in [0.25, 0.3) is 11.8 Å². The number of rotatable bonds is 13. The fourth-order valence-corrected chi connectivity index (χ4v) is 14.7. The molecule has 8 unspecified atom stereocenters. The van der Waals surface area contributed by atoms with Crippen molar-refractivity contribution in [2.24, 2.45) is 33.5 Å². The van der Waals surface area contributed by atoms with Crippen molar-refractivity contribution in [3.8, 4) is 0 Å². The molecular weight excluding hydrogens is 1240 g/mol. The summed E-state index contributed by atoms with van der Waals surface area (Å²) < 4.78 is 23.5. The van der Waals surface area contributed by atoms with Crippen LogP contribution in [0, 0.1) is 33.5 Å². The predicted octanol–water partition coefficient (Wildman–Crippen LogP) is 10.4. The second-order valence-corrected chi connectivity index (χ2v) is 32.7. The highest BCUT2D eigenvalue weighted by molar-refractivity contribution is 8.76. The molecule has 15 nitrogen and oxygen atoms in total. The first-order valence-electron chi connectivity index (χ1n) is 33.5. The molecular formula is C73H100B4N6O9S3. The largest absolute Gasteiger partial charge is 0.382 e. The number of carbonyl (C=O) groups excluding carboxylic acids is 5. The Labute approximate surface area is 586 Å². The van der Waals surface area contributed by atoms with Gasteiger partial charge in [-0.1, -0.05) is 191 Å². The van der Waals surface area contributed by atoms with E-state index in [4.69, 9.17) is 50.3 Å². The Kier molecular flexibility index (Phi) is 28.4. The zero-order valence-corrected chi connectivity index (χ0v) is 60.7. The average Bonchev–Trinajstić information content (AvgIpc) is 1.03. The van der Waals surface area contributed by atoms with Gasteiger partial charge in [-0.2, -0.15) is 12.6 Å². The van der Waals surface area contributed by atoms with Crippen LogP contribution in [0.2, 0.25) is 0 Å². The third-order valence-corrected chi connectivity index (χ3v) is 20.8. The molecule has 1 aromatic heterocycles. The zero-order valence-electron chi connectivity index (χ0n) is 58.1. The Morgan fingerprint density at radius 2 is 0.895 bits per heavy atom. The Bertz CT molecular complexity index is 3000. The summed E-state index contributed by atoms with van der Waals surface area (Å²) in [5, 5.41) is 0.964. The number of nitrogens with zero attached hydrogens (tertiary/aromatic N) is 6. The molecule has 1 saturated carbocycles. The number of aromatic nitrogens is 1. The van der Waals surface area contributed by atoms with E-state index in [9.17, 15) is 24.0 Å². The van der Waals surface area contributed by atoms with E-state index < -0.39 is 17.5 Å². The summed E-state index contributed by atoms with van der Waals surface area (Å²) in [5.74, 6) is 1.12. The molecule has 0 spiro atoms. The summed E-state index contributed by atoms with van der Waals surface area (Å²) in [7, 11) is 27.5. The molecule has 8 radical (unpaired) electrons. The summed E-state index contributed by atoms with van der Waals surface area (Å²) >= 11 is 3.98. The van der Waals surface area contributed by atoms with E-state index in [0.29, 0.717) is 58.8 Å². The molecule has 4 aromatic rings. The molecule has 5 amide bonds. The van der Waals surface area contributed by atoms with Crippen molar-refractivity contribution in [3.63, 3.8) is 0 Å². The fraction of sp³-hybridized carbons (Fsp3) is 0.589. The molecule has 0 N–H and O–H groups in total. The van der Waals surface area contributed by atoms with Gasteiger partial charge in [0.15, 0.2) is 0 Å². The van der Waals surface area contributed by atoms with Crippen molar-refractivity contribution in [2.45, 2.75) is 174 Å². The first-order chi connectivity index (χ1) is 44.8. The van der Waals surface area contributed by atoms with Gasteiger partial charge in [0.2, 0.25) is 17.7 Å². The minimum absolute atomic E-state index is 0.00438. The summed E-state index contributed by atoms with van der Waals surface area (Å²) in [6.45, 7) is 30.6. The normalized spacial score (nSPS) is 25.5. The molecule has 1 aliphatic carbocycles. The third-order valence-electron chi connectivity index (χ3n) is 18.3. The van der Waals surface area contributed by atoms with Crippen molar-refractivity contribution < 1.29 is 42.9 Å². The molecule has 6 heterocycles. The fourth-order valence-electron chi connectivity index (χ4n) is 12.6. The second kappa shape index (κ2) is 34.8. The van der Waals surface area contributed by atoms with Gasteiger partial charge < -0.3 is 33.6 Å². The van der Waals surface area contributed by atoms with E-state index in [-0.39, 0.29) is 105 Å². The maximum Gasteiger partial charge on any atom is 0.253 e. The first kappa shape index (κ1) is 77.6. The molecule has 22 heteroatoms. The van der Waals surface area contributed by atoms with Crippen LogP contribution in [0.5, 0.6) is 0 Å². The van der Waals surface area contributed by atoms with Gasteiger partial charge in [-0.25, -0.2) is 4.98 Å². The van der Waals surface area contributed by atoms with Gasteiger partial charge in [0.1, 0.15) is 36.4 Å². The van der Waals surface area contributed by atoms with Crippen molar-refractivity contribution in [3.05, 3.63) is 144 Å². The van der Waals surface area contributed by atoms with Crippen molar-refractivity contribution in [1.82, 2.24) is 29.5 Å². The standard InChI is InChI=1S/C27H30BNO.C20H29BN2O4.C16H23BN2O2S2.C10H18BNO2S/c1-26(2,3)24-19-29(20-25(28)30-24)27(21-13-7-4-8-14-21,22-15-9-5-10-16-22)23-17-11-6-12-18-23;1-20(2,3)15-11-22(12-16(21)27-15)19(26)14-6-4-13(5-7-14)10-23-17(24)8-9-18(23)25;1-16(2,3)12-10-19(11-13(17)21-12)15(20)7-9-22-23-14-6-4-5-8-18-14;1-10(2,3)7-4-12(9(13)6-15)5-8(11)14-7/h4-18,24-25H,19-20H2,1-3H3;8-9,13-16H,4-7,10-12H2,1-3H3;4-6,8,12-13H,7,9-11H2,1-3H3;7-8,15H,4-6H2,1-3H3. The number of pyridine rings is 1. The number of benzene rings is 3. The smallest absolute Gasteiger partial charge is 0.253 e. The second-order valence-electron chi connectivity index (χ2n) is 30.0. The van der Waals surface area contributed by atoms with Gasteiger partial charge in [0.05, 0.1) is 35.7 Å². The molecule has 5 fully saturated rings. The number of hydrogen-bond donors (Lipinski definition) is 1. The van der Waals surface area contributed by atoms with Crippen LogP contribution in [0.4, 0.5) is 0 Å². The quantitative estimate of drug-likeness (QED) is 0.0338. The Morgan fingerprint density at radius 1 is 0.505 bits per heavy atom. The van der Waals surface area contributed by atoms with Gasteiger partial charge in [-0.15, -0.1) is 0 Å². The van der Waals surface area contributed by atoms with Crippen LogP contribution in [0.1, 0.15) is 132 Å². The van der Waals surface area contributed by atoms with Crippen LogP contribution < -0.4 is 0 Å². The topological polar surface area (TPSA) is 151 Å². The highest BCUT2D eigenvalue weighted by Gasteiger charge is 2.47. The van der Waals surface area contributed by atoms with Gasteiger partial charge >= 0.3 is 0 Å². The molecule has 95 heavy (non-hydrogen) atoms. The lowest BCUT2D eigenvalue weighted by Gasteiger charge is -2.52. The third kappa shape index (κ3) is 22.1. The summed E-state index contributed by atoms with van der Waals surface area (Å²) in [5.41, 5.74) is 3.16. The molecule has 5 aliphatic heterocycles. The van der Waals surface area contributed by atoms with Crippen LogP contribution in [0.15, 0.2) is 133 Å². The van der Waals surface area contributed by atoms with Crippen LogP contribution in [-0.2, 0) is 48.5 Å². The molecule has 8 atom stereocenters. The Balaban J connectivity index is 0.000000184. The predicted molar refractivity (Wildman–Crippen MR) is 388 cm³/mol. The Hall–Kier alpha value is -4.79. The van der Waals surface area contributed by atoms with E-state index >= 15 is 0 Å². The van der Waals surface area contributed by atoms with Gasteiger partial charge in [-0.3, -0.25) is 33.8 Å². The minimum atomic E-state index is -0.450. The summed E-state index contributed by atoms with van der Waals surface area (Å²) in [6, 6.07) is 36.6. The van der Waals surface area contributed by atoms with Crippen LogP contribution in [0.3, 0.4) is 0 Å². The zero-order chi connectivity index (χ0) is 69.5. The number of carbonyl (C=O) groups is 5. The van der Waals surface area contributed by atoms with Crippen molar-refractivity contribution in [1.29, 1.82) is 0 Å². The number of ether oxygens (including phenoxy) is 4. The lowest BCUT2D eigenvalue weighted by Crippen LogP contribution is -2.60. The molecule has 0 bridgehead atoms. The molecule has 4 saturated heterocycles. The molecule has 3 aromatic carbocycles. The maximum absolute atomic E-state index is 13.0. The average molecular weight is 1350 g/mol. The lowest BCUT2D eigenvalue weighted by atomic mass is 9.73. The molecule has 506 valence electrons. The van der Waals surface area contributed by atoms with Crippen LogP contribution >= 0.6 is 34.2 Å². The highest BCUT2D eigenvalue weighted by Crippen LogP contribution is 2.45. The van der Waals surface area contributed by atoms with Crippen molar-refractivity contribution in [2.75, 3.05) is 70.4 Å². The molecule has 6 aliphatic rings. The number of morpholine rings is 4. The van der Waals surface area contributed by atoms with Crippen LogP contribution in [0.25, 0.3) is 0 Å². The first-order valence-corrected chi connectivity index (χ1v) is 36.5.